The highest BCUT2D eigenvalue weighted by molar-refractivity contribution is 7.17. The SMILES string of the molecule is CN(c1nc(O)c(C(=Cc2ccc(C(F)(F)F)cc2C(F)(F)F)c2ccc3[nH]ncc3c2)s1)C1CC(CO)N(CC(N)=O)C1. The second-order valence-electron chi connectivity index (χ2n) is 10.4. The van der Waals surface area contributed by atoms with E-state index >= 15 is 0 Å². The number of nitrogens with zero attached hydrogens (tertiary/aromatic N) is 4. The number of hydrogen-bond donors (Lipinski definition) is 4. The summed E-state index contributed by atoms with van der Waals surface area (Å²) in [6, 6.07) is 5.60. The fraction of sp³-hybridized carbons (Fsp3) is 0.321. The Hall–Kier alpha value is -4.15. The minimum atomic E-state index is -5.11. The summed E-state index contributed by atoms with van der Waals surface area (Å²) in [4.78, 5) is 19.3. The molecule has 0 spiro atoms. The van der Waals surface area contributed by atoms with Gasteiger partial charge in [-0.3, -0.25) is 14.8 Å². The van der Waals surface area contributed by atoms with Gasteiger partial charge in [0.25, 0.3) is 0 Å². The first-order valence-electron chi connectivity index (χ1n) is 13.2. The first kappa shape index (κ1) is 31.3. The molecule has 0 bridgehead atoms. The molecule has 0 saturated carbocycles. The van der Waals surface area contributed by atoms with E-state index in [9.17, 15) is 41.4 Å². The summed E-state index contributed by atoms with van der Waals surface area (Å²) in [5.41, 5.74) is 2.92. The van der Waals surface area contributed by atoms with Crippen LogP contribution in [0.25, 0.3) is 22.6 Å². The van der Waals surface area contributed by atoms with Crippen LogP contribution in [0.1, 0.15) is 33.6 Å². The van der Waals surface area contributed by atoms with Crippen molar-refractivity contribution in [3.8, 4) is 5.88 Å². The van der Waals surface area contributed by atoms with Crippen molar-refractivity contribution in [1.29, 1.82) is 0 Å². The monoisotopic (exact) mass is 640 g/mol. The zero-order valence-corrected chi connectivity index (χ0v) is 23.8. The van der Waals surface area contributed by atoms with Crippen LogP contribution in [0.3, 0.4) is 0 Å². The maximum Gasteiger partial charge on any atom is 0.417 e. The number of alkyl halides is 6. The van der Waals surface area contributed by atoms with Crippen LogP contribution in [-0.4, -0.2) is 75.0 Å². The van der Waals surface area contributed by atoms with Gasteiger partial charge in [0.2, 0.25) is 11.8 Å². The van der Waals surface area contributed by atoms with Crippen molar-refractivity contribution in [2.24, 2.45) is 5.73 Å². The van der Waals surface area contributed by atoms with Crippen molar-refractivity contribution < 1.29 is 41.4 Å². The average molecular weight is 641 g/mol. The van der Waals surface area contributed by atoms with E-state index < -0.39 is 40.8 Å². The third-order valence-electron chi connectivity index (χ3n) is 7.50. The van der Waals surface area contributed by atoms with Crippen LogP contribution in [0, 0.1) is 0 Å². The molecule has 1 saturated heterocycles. The zero-order valence-electron chi connectivity index (χ0n) is 22.9. The molecule has 234 valence electrons. The molecule has 5 N–H and O–H groups in total. The van der Waals surface area contributed by atoms with E-state index in [0.717, 1.165) is 23.5 Å². The molecule has 3 heterocycles. The Morgan fingerprint density at radius 1 is 1.18 bits per heavy atom. The minimum absolute atomic E-state index is 0.0595. The summed E-state index contributed by atoms with van der Waals surface area (Å²) < 4.78 is 82.1. The van der Waals surface area contributed by atoms with E-state index in [0.29, 0.717) is 40.6 Å². The summed E-state index contributed by atoms with van der Waals surface area (Å²) in [7, 11) is 1.69. The number of primary amides is 1. The number of H-pyrrole nitrogens is 1. The Morgan fingerprint density at radius 3 is 2.59 bits per heavy atom. The quantitative estimate of drug-likeness (QED) is 0.162. The maximum atomic E-state index is 14.0. The van der Waals surface area contributed by atoms with Gasteiger partial charge >= 0.3 is 12.4 Å². The molecule has 4 aromatic rings. The van der Waals surface area contributed by atoms with Gasteiger partial charge in [-0.25, -0.2) is 0 Å². The molecule has 1 aliphatic rings. The highest BCUT2D eigenvalue weighted by Gasteiger charge is 2.39. The number of likely N-dealkylation sites (tertiary alicyclic amines) is 1. The van der Waals surface area contributed by atoms with Crippen LogP contribution < -0.4 is 10.6 Å². The number of aromatic hydroxyl groups is 1. The van der Waals surface area contributed by atoms with Gasteiger partial charge in [-0.2, -0.15) is 36.4 Å². The summed E-state index contributed by atoms with van der Waals surface area (Å²) in [5.74, 6) is -1.06. The summed E-state index contributed by atoms with van der Waals surface area (Å²) in [6.45, 7) is 0.0622. The Labute approximate surface area is 250 Å². The number of carbonyl (C=O) groups is 1. The van der Waals surface area contributed by atoms with Crippen molar-refractivity contribution in [2.75, 3.05) is 31.6 Å². The number of hydrogen-bond acceptors (Lipinski definition) is 8. The molecule has 44 heavy (non-hydrogen) atoms. The Balaban J connectivity index is 1.61. The van der Waals surface area contributed by atoms with E-state index in [1.54, 1.807) is 35.0 Å². The van der Waals surface area contributed by atoms with E-state index in [4.69, 9.17) is 5.73 Å². The number of nitrogens with one attached hydrogen (secondary N) is 1. The molecule has 2 aromatic heterocycles. The molecule has 16 heteroatoms. The van der Waals surface area contributed by atoms with Crippen LogP contribution in [0.2, 0.25) is 0 Å². The maximum absolute atomic E-state index is 14.0. The first-order chi connectivity index (χ1) is 20.7. The largest absolute Gasteiger partial charge is 0.492 e. The second kappa shape index (κ2) is 11.7. The standard InChI is InChI=1S/C28H26F6N6O3S/c1-39(18-9-19(13-41)40(11-18)12-23(35)42)26-37-25(43)24(44-26)20(14-3-5-22-16(6-14)10-36-38-22)7-15-2-4-17(27(29,30)31)8-21(15)28(32,33)34/h2-8,10,18-19,41,43H,9,11-13H2,1H3,(H2,35,42)(H,36,38). The summed E-state index contributed by atoms with van der Waals surface area (Å²) in [6.07, 6.45) is -7.09. The van der Waals surface area contributed by atoms with Crippen molar-refractivity contribution >= 4 is 44.9 Å². The van der Waals surface area contributed by atoms with Gasteiger partial charge in [-0.1, -0.05) is 23.5 Å². The van der Waals surface area contributed by atoms with Crippen LogP contribution in [-0.2, 0) is 17.1 Å². The fourth-order valence-corrected chi connectivity index (χ4v) is 6.29. The number of aromatic nitrogens is 3. The van der Waals surface area contributed by atoms with Crippen molar-refractivity contribution in [3.63, 3.8) is 0 Å². The lowest BCUT2D eigenvalue weighted by atomic mass is 9.96. The predicted octanol–water partition coefficient (Wildman–Crippen LogP) is 4.71. The lowest BCUT2D eigenvalue weighted by Gasteiger charge is -2.24. The van der Waals surface area contributed by atoms with Gasteiger partial charge in [-0.15, -0.1) is 0 Å². The number of thiazole rings is 1. The highest BCUT2D eigenvalue weighted by Crippen LogP contribution is 2.43. The lowest BCUT2D eigenvalue weighted by molar-refractivity contribution is -0.143. The number of rotatable bonds is 8. The van der Waals surface area contributed by atoms with Crippen LogP contribution in [0.4, 0.5) is 31.5 Å². The molecule has 0 radical (unpaired) electrons. The van der Waals surface area contributed by atoms with Gasteiger partial charge < -0.3 is 20.8 Å². The third kappa shape index (κ3) is 6.37. The van der Waals surface area contributed by atoms with E-state index in [2.05, 4.69) is 15.2 Å². The number of halogens is 6. The number of aliphatic hydroxyl groups is 1. The number of aromatic amines is 1. The number of nitrogens with two attached hydrogens (primary N) is 1. The van der Waals surface area contributed by atoms with Crippen molar-refractivity contribution in [2.45, 2.75) is 30.9 Å². The molecule has 1 fully saturated rings. The summed E-state index contributed by atoms with van der Waals surface area (Å²) >= 11 is 0.968. The molecule has 2 aromatic carbocycles. The lowest BCUT2D eigenvalue weighted by Crippen LogP contribution is -2.40. The zero-order chi connectivity index (χ0) is 32.0. The number of amides is 1. The molecular weight excluding hydrogens is 614 g/mol. The van der Waals surface area contributed by atoms with Gasteiger partial charge in [-0.05, 0) is 47.9 Å². The number of aliphatic hydroxyl groups excluding tert-OH is 1. The molecule has 0 aliphatic carbocycles. The Bertz CT molecular complexity index is 1720. The number of fused-ring (bicyclic) bond motifs is 1. The summed E-state index contributed by atoms with van der Waals surface area (Å²) in [5, 5.41) is 28.4. The topological polar surface area (TPSA) is 132 Å². The van der Waals surface area contributed by atoms with Crippen molar-refractivity contribution in [1.82, 2.24) is 20.1 Å². The number of likely N-dealkylation sites (N-methyl/N-ethyl adjacent to an activating group) is 1. The minimum Gasteiger partial charge on any atom is -0.492 e. The molecule has 2 unspecified atom stereocenters. The van der Waals surface area contributed by atoms with Crippen LogP contribution in [0.5, 0.6) is 5.88 Å². The van der Waals surface area contributed by atoms with E-state index in [1.165, 1.54) is 6.20 Å². The van der Waals surface area contributed by atoms with E-state index in [1.807, 2.05) is 0 Å². The molecule has 1 aliphatic heterocycles. The number of anilines is 1. The molecule has 1 amide bonds. The first-order valence-corrected chi connectivity index (χ1v) is 14.0. The smallest absolute Gasteiger partial charge is 0.417 e. The van der Waals surface area contributed by atoms with E-state index in [-0.39, 0.29) is 41.8 Å². The highest BCUT2D eigenvalue weighted by atomic mass is 32.1. The number of benzene rings is 2. The van der Waals surface area contributed by atoms with Crippen molar-refractivity contribution in [3.05, 3.63) is 69.7 Å². The second-order valence-corrected chi connectivity index (χ2v) is 11.4. The average Bonchev–Trinajstić information content (AvgIpc) is 3.68. The van der Waals surface area contributed by atoms with Crippen LogP contribution >= 0.6 is 11.3 Å². The Kier molecular flexibility index (Phi) is 8.35. The fourth-order valence-electron chi connectivity index (χ4n) is 5.26. The Morgan fingerprint density at radius 2 is 1.93 bits per heavy atom. The van der Waals surface area contributed by atoms with Gasteiger partial charge in [0.1, 0.15) is 4.88 Å². The molecular formula is C28H26F6N6O3S. The predicted molar refractivity (Wildman–Crippen MR) is 152 cm³/mol. The van der Waals surface area contributed by atoms with Crippen LogP contribution in [0.15, 0.2) is 42.6 Å². The van der Waals surface area contributed by atoms with Gasteiger partial charge in [0, 0.05) is 36.6 Å². The van der Waals surface area contributed by atoms with Gasteiger partial charge in [0.05, 0.1) is 36.0 Å². The third-order valence-corrected chi connectivity index (χ3v) is 8.67. The normalized spacial score (nSPS) is 18.3. The molecule has 5 rings (SSSR count). The number of carbonyl (C=O) groups excluding carboxylic acids is 1. The van der Waals surface area contributed by atoms with Gasteiger partial charge in [0.15, 0.2) is 5.13 Å². The molecule has 2 atom stereocenters. The molecule has 9 nitrogen and oxygen atoms in total.